The number of likely N-dealkylation sites (tertiary alicyclic amines) is 1. The van der Waals surface area contributed by atoms with E-state index < -0.39 is 0 Å². The van der Waals surface area contributed by atoms with E-state index >= 15 is 0 Å². The number of amides is 1. The SMILES string of the molecule is COCCNCC(=O)N1CCCC(c2ccn[nH]2)C1. The van der Waals surface area contributed by atoms with Crippen molar-refractivity contribution in [3.05, 3.63) is 18.0 Å². The summed E-state index contributed by atoms with van der Waals surface area (Å²) in [6.07, 6.45) is 3.93. The molecule has 2 heterocycles. The number of H-pyrrole nitrogens is 1. The lowest BCUT2D eigenvalue weighted by atomic mass is 9.95. The van der Waals surface area contributed by atoms with E-state index in [1.165, 1.54) is 0 Å². The average Bonchev–Trinajstić information content (AvgIpc) is 2.98. The Hall–Kier alpha value is -1.40. The molecule has 0 radical (unpaired) electrons. The number of piperidine rings is 1. The summed E-state index contributed by atoms with van der Waals surface area (Å²) >= 11 is 0. The Bertz CT molecular complexity index is 380. The summed E-state index contributed by atoms with van der Waals surface area (Å²) < 4.78 is 4.94. The first kappa shape index (κ1) is 14.0. The van der Waals surface area contributed by atoms with Gasteiger partial charge in [0.25, 0.3) is 0 Å². The molecule has 0 aromatic carbocycles. The number of aromatic nitrogens is 2. The van der Waals surface area contributed by atoms with Gasteiger partial charge < -0.3 is 15.0 Å². The van der Waals surface area contributed by atoms with Crippen molar-refractivity contribution >= 4 is 5.91 Å². The van der Waals surface area contributed by atoms with Gasteiger partial charge in [0, 0.05) is 44.6 Å². The normalized spacial score (nSPS) is 19.6. The zero-order valence-electron chi connectivity index (χ0n) is 11.4. The highest BCUT2D eigenvalue weighted by atomic mass is 16.5. The Morgan fingerprint density at radius 2 is 2.58 bits per heavy atom. The molecule has 0 aliphatic carbocycles. The Kier molecular flexibility index (Phi) is 5.35. The van der Waals surface area contributed by atoms with Crippen LogP contribution in [0.5, 0.6) is 0 Å². The van der Waals surface area contributed by atoms with Crippen LogP contribution in [0.25, 0.3) is 0 Å². The standard InChI is InChI=1S/C13H22N4O2/c1-19-8-6-14-9-13(18)17-7-2-3-11(10-17)12-4-5-15-16-12/h4-5,11,14H,2-3,6-10H2,1H3,(H,15,16). The van der Waals surface area contributed by atoms with Crippen molar-refractivity contribution in [1.29, 1.82) is 0 Å². The van der Waals surface area contributed by atoms with Crippen LogP contribution in [0.4, 0.5) is 0 Å². The van der Waals surface area contributed by atoms with Crippen LogP contribution in [0.3, 0.4) is 0 Å². The second-order valence-corrected chi connectivity index (χ2v) is 4.86. The minimum absolute atomic E-state index is 0.167. The van der Waals surface area contributed by atoms with E-state index in [0.717, 1.165) is 31.6 Å². The number of hydrogen-bond acceptors (Lipinski definition) is 4. The van der Waals surface area contributed by atoms with Crippen molar-refractivity contribution in [3.63, 3.8) is 0 Å². The Morgan fingerprint density at radius 1 is 1.68 bits per heavy atom. The largest absolute Gasteiger partial charge is 0.383 e. The molecule has 6 heteroatoms. The van der Waals surface area contributed by atoms with E-state index in [1.54, 1.807) is 13.3 Å². The molecule has 6 nitrogen and oxygen atoms in total. The molecule has 1 aliphatic heterocycles. The van der Waals surface area contributed by atoms with Crippen LogP contribution in [0.1, 0.15) is 24.5 Å². The molecular weight excluding hydrogens is 244 g/mol. The zero-order valence-corrected chi connectivity index (χ0v) is 11.4. The number of carbonyl (C=O) groups is 1. The lowest BCUT2D eigenvalue weighted by Gasteiger charge is -2.32. The van der Waals surface area contributed by atoms with Gasteiger partial charge in [-0.15, -0.1) is 0 Å². The molecule has 0 spiro atoms. The number of nitrogens with zero attached hydrogens (tertiary/aromatic N) is 2. The molecule has 0 saturated carbocycles. The fourth-order valence-electron chi connectivity index (χ4n) is 2.43. The molecule has 2 rings (SSSR count). The highest BCUT2D eigenvalue weighted by molar-refractivity contribution is 5.78. The summed E-state index contributed by atoms with van der Waals surface area (Å²) in [5, 5.41) is 10.1. The van der Waals surface area contributed by atoms with Crippen LogP contribution in [0, 0.1) is 0 Å². The van der Waals surface area contributed by atoms with Crippen molar-refractivity contribution in [1.82, 2.24) is 20.4 Å². The van der Waals surface area contributed by atoms with E-state index in [1.807, 2.05) is 11.0 Å². The van der Waals surface area contributed by atoms with Gasteiger partial charge in [-0.3, -0.25) is 9.89 Å². The third-order valence-electron chi connectivity index (χ3n) is 3.50. The van der Waals surface area contributed by atoms with Crippen LogP contribution >= 0.6 is 0 Å². The lowest BCUT2D eigenvalue weighted by molar-refractivity contribution is -0.131. The van der Waals surface area contributed by atoms with Gasteiger partial charge in [0.2, 0.25) is 5.91 Å². The number of hydrogen-bond donors (Lipinski definition) is 2. The molecule has 2 N–H and O–H groups in total. The lowest BCUT2D eigenvalue weighted by Crippen LogP contribution is -2.43. The Balaban J connectivity index is 1.78. The van der Waals surface area contributed by atoms with Crippen molar-refractivity contribution in [2.75, 3.05) is 39.9 Å². The highest BCUT2D eigenvalue weighted by Crippen LogP contribution is 2.24. The fourth-order valence-corrected chi connectivity index (χ4v) is 2.43. The first-order valence-electron chi connectivity index (χ1n) is 6.78. The van der Waals surface area contributed by atoms with E-state index in [4.69, 9.17) is 4.74 Å². The molecule has 1 aromatic rings. The Morgan fingerprint density at radius 3 is 3.32 bits per heavy atom. The number of methoxy groups -OCH3 is 1. The predicted molar refractivity (Wildman–Crippen MR) is 71.9 cm³/mol. The van der Waals surface area contributed by atoms with Crippen molar-refractivity contribution in [3.8, 4) is 0 Å². The van der Waals surface area contributed by atoms with Gasteiger partial charge in [0.15, 0.2) is 0 Å². The summed E-state index contributed by atoms with van der Waals surface area (Å²) in [7, 11) is 1.66. The molecule has 19 heavy (non-hydrogen) atoms. The maximum atomic E-state index is 12.1. The highest BCUT2D eigenvalue weighted by Gasteiger charge is 2.24. The van der Waals surface area contributed by atoms with Crippen molar-refractivity contribution in [2.24, 2.45) is 0 Å². The molecule has 1 atom stereocenters. The molecule has 1 fully saturated rings. The third kappa shape index (κ3) is 4.04. The van der Waals surface area contributed by atoms with Crippen molar-refractivity contribution in [2.45, 2.75) is 18.8 Å². The molecular formula is C13H22N4O2. The van der Waals surface area contributed by atoms with E-state index in [2.05, 4.69) is 15.5 Å². The number of rotatable bonds is 6. The smallest absolute Gasteiger partial charge is 0.236 e. The van der Waals surface area contributed by atoms with Gasteiger partial charge in [-0.1, -0.05) is 0 Å². The zero-order chi connectivity index (χ0) is 13.5. The van der Waals surface area contributed by atoms with Gasteiger partial charge in [0.05, 0.1) is 13.2 Å². The third-order valence-corrected chi connectivity index (χ3v) is 3.50. The molecule has 1 saturated heterocycles. The number of ether oxygens (including phenoxy) is 1. The van der Waals surface area contributed by atoms with E-state index in [0.29, 0.717) is 25.6 Å². The van der Waals surface area contributed by atoms with Crippen LogP contribution in [0.15, 0.2) is 12.3 Å². The first-order chi connectivity index (χ1) is 9.31. The summed E-state index contributed by atoms with van der Waals surface area (Å²) in [5.74, 6) is 0.555. The van der Waals surface area contributed by atoms with Gasteiger partial charge in [-0.05, 0) is 18.9 Å². The summed E-state index contributed by atoms with van der Waals surface area (Å²) in [6.45, 7) is 3.37. The minimum Gasteiger partial charge on any atom is -0.383 e. The monoisotopic (exact) mass is 266 g/mol. The maximum absolute atomic E-state index is 12.1. The molecule has 1 unspecified atom stereocenters. The van der Waals surface area contributed by atoms with E-state index in [-0.39, 0.29) is 5.91 Å². The van der Waals surface area contributed by atoms with Gasteiger partial charge in [-0.2, -0.15) is 5.10 Å². The number of carbonyl (C=O) groups excluding carboxylic acids is 1. The Labute approximate surface area is 113 Å². The molecule has 1 amide bonds. The van der Waals surface area contributed by atoms with Crippen molar-refractivity contribution < 1.29 is 9.53 Å². The summed E-state index contributed by atoms with van der Waals surface area (Å²) in [5.41, 5.74) is 1.13. The molecule has 0 bridgehead atoms. The van der Waals surface area contributed by atoms with Gasteiger partial charge in [-0.25, -0.2) is 0 Å². The molecule has 106 valence electrons. The summed E-state index contributed by atoms with van der Waals surface area (Å²) in [4.78, 5) is 14.0. The van der Waals surface area contributed by atoms with Gasteiger partial charge >= 0.3 is 0 Å². The predicted octanol–water partition coefficient (Wildman–Crippen LogP) is 0.352. The van der Waals surface area contributed by atoms with Crippen LogP contribution in [0.2, 0.25) is 0 Å². The topological polar surface area (TPSA) is 70.2 Å². The minimum atomic E-state index is 0.167. The van der Waals surface area contributed by atoms with Gasteiger partial charge in [0.1, 0.15) is 0 Å². The first-order valence-corrected chi connectivity index (χ1v) is 6.78. The number of aromatic amines is 1. The quantitative estimate of drug-likeness (QED) is 0.729. The summed E-state index contributed by atoms with van der Waals surface area (Å²) in [6, 6.07) is 2.00. The number of nitrogens with one attached hydrogen (secondary N) is 2. The van der Waals surface area contributed by atoms with Crippen LogP contribution in [-0.2, 0) is 9.53 Å². The maximum Gasteiger partial charge on any atom is 0.236 e. The van der Waals surface area contributed by atoms with Crippen LogP contribution in [-0.4, -0.2) is 60.9 Å². The molecule has 1 aliphatic rings. The second kappa shape index (κ2) is 7.25. The van der Waals surface area contributed by atoms with E-state index in [9.17, 15) is 4.79 Å². The fraction of sp³-hybridized carbons (Fsp3) is 0.692. The molecule has 1 aromatic heterocycles. The average molecular weight is 266 g/mol. The second-order valence-electron chi connectivity index (χ2n) is 4.86. The van der Waals surface area contributed by atoms with Crippen LogP contribution < -0.4 is 5.32 Å².